The minimum Gasteiger partial charge on any atom is -0.153 e. The van der Waals surface area contributed by atoms with E-state index in [9.17, 15) is 0 Å². The summed E-state index contributed by atoms with van der Waals surface area (Å²) in [5, 5.41) is 10.0. The molecular formula is C30H69Ge2P. The molecule has 0 aliphatic carbocycles. The largest absolute Gasteiger partial charge is 0.153 e. The molecule has 3 heteroatoms. The fourth-order valence-electron chi connectivity index (χ4n) is 4.50. The molecule has 0 fully saturated rings. The van der Waals surface area contributed by atoms with Gasteiger partial charge in [-0.05, 0) is 0 Å². The van der Waals surface area contributed by atoms with Crippen LogP contribution >= 0.6 is 9.90 Å². The van der Waals surface area contributed by atoms with Crippen molar-refractivity contribution in [2.45, 2.75) is 189 Å². The molecule has 0 amide bonds. The molecule has 0 saturated heterocycles. The summed E-state index contributed by atoms with van der Waals surface area (Å²) in [4.78, 5) is 0. The van der Waals surface area contributed by atoms with Crippen LogP contribution in [-0.4, -0.2) is 28.7 Å². The van der Waals surface area contributed by atoms with Crippen LogP contribution in [0.15, 0.2) is 0 Å². The van der Waals surface area contributed by atoms with E-state index in [2.05, 4.69) is 41.5 Å². The molecule has 0 aliphatic heterocycles. The van der Waals surface area contributed by atoms with Crippen LogP contribution in [0.5, 0.6) is 0 Å². The maximum atomic E-state index is 2.33. The maximum absolute atomic E-state index is 2.33. The summed E-state index contributed by atoms with van der Waals surface area (Å²) in [5.74, 6) is 0. The van der Waals surface area contributed by atoms with Gasteiger partial charge in [-0.15, -0.1) is 0 Å². The summed E-state index contributed by atoms with van der Waals surface area (Å²) in [6, 6.07) is 0. The first kappa shape index (κ1) is 39.0. The van der Waals surface area contributed by atoms with Gasteiger partial charge in [-0.2, -0.15) is 9.90 Å². The van der Waals surface area contributed by atoms with E-state index in [1.54, 1.807) is 70.0 Å². The Bertz CT molecular complexity index is 234. The number of unbranched alkanes of at least 4 members (excludes halogenated alkanes) is 12. The minimum absolute atomic E-state index is 0. The van der Waals surface area contributed by atoms with Crippen molar-refractivity contribution in [3.63, 3.8) is 0 Å². The quantitative estimate of drug-likeness (QED) is 0.0583. The molecule has 0 heterocycles. The van der Waals surface area contributed by atoms with Crippen molar-refractivity contribution in [2.75, 3.05) is 0 Å². The molecular weight excluding hydrogens is 537 g/mol. The fraction of sp³-hybridized carbons (Fsp3) is 1.00. The first-order valence-corrected chi connectivity index (χ1v) is 24.3. The molecule has 0 aliphatic rings. The van der Waals surface area contributed by atoms with Crippen LogP contribution < -0.4 is 0 Å². The van der Waals surface area contributed by atoms with Crippen LogP contribution in [0.2, 0.25) is 31.5 Å². The van der Waals surface area contributed by atoms with Crippen LogP contribution in [0.25, 0.3) is 0 Å². The molecule has 1 atom stereocenters. The second-order valence-electron chi connectivity index (χ2n) is 10.2. The molecule has 202 valence electrons. The van der Waals surface area contributed by atoms with Crippen molar-refractivity contribution in [1.29, 1.82) is 0 Å². The molecule has 0 aromatic heterocycles. The zero-order valence-corrected chi connectivity index (χ0v) is 30.3. The van der Waals surface area contributed by atoms with Gasteiger partial charge in [0, 0.05) is 0 Å². The normalized spacial score (nSPS) is 10.9. The minimum atomic E-state index is -0.603. The zero-order valence-electron chi connectivity index (χ0n) is 24.7. The monoisotopic (exact) mass is 608 g/mol. The molecule has 0 N–H and O–H groups in total. The summed E-state index contributed by atoms with van der Waals surface area (Å²) >= 11 is -1.21. The summed E-state index contributed by atoms with van der Waals surface area (Å²) in [5.41, 5.74) is 0. The van der Waals surface area contributed by atoms with E-state index in [1.807, 2.05) is 0 Å². The van der Waals surface area contributed by atoms with Crippen LogP contribution in [0.1, 0.15) is 157 Å². The summed E-state index contributed by atoms with van der Waals surface area (Å²) in [6.45, 7) is 14.0. The van der Waals surface area contributed by atoms with Gasteiger partial charge in [0.25, 0.3) is 0 Å². The average molecular weight is 606 g/mol. The smallest absolute Gasteiger partial charge is 0.153 e. The molecule has 33 heavy (non-hydrogen) atoms. The van der Waals surface area contributed by atoms with Crippen molar-refractivity contribution in [1.82, 2.24) is 0 Å². The van der Waals surface area contributed by atoms with Crippen molar-refractivity contribution < 1.29 is 0 Å². The molecule has 0 bridgehead atoms. The number of hydrogen-bond acceptors (Lipinski definition) is 0. The van der Waals surface area contributed by atoms with E-state index in [4.69, 9.17) is 0 Å². The van der Waals surface area contributed by atoms with E-state index in [0.717, 1.165) is 0 Å². The Hall–Kier alpha value is 1.52. The van der Waals surface area contributed by atoms with Gasteiger partial charge in [-0.25, -0.2) is 0 Å². The molecule has 1 unspecified atom stereocenters. The Balaban J connectivity index is -0.000000529. The standard InChI is InChI=1S/2C15H33Ge.H3P/c2*1-4-7-10-13-16(14-11-8-5-2)15-12-9-6-3;/h2*4-15H2,1-3H3;1H3. The van der Waals surface area contributed by atoms with Crippen LogP contribution in [0.3, 0.4) is 0 Å². The number of rotatable bonds is 24. The van der Waals surface area contributed by atoms with Crippen LogP contribution in [-0.2, 0) is 0 Å². The third kappa shape index (κ3) is 33.5. The van der Waals surface area contributed by atoms with Gasteiger partial charge >= 0.3 is 217 Å². The van der Waals surface area contributed by atoms with E-state index < -0.39 is 28.7 Å². The Morgan fingerprint density at radius 1 is 0.273 bits per heavy atom. The summed E-state index contributed by atoms with van der Waals surface area (Å²) in [7, 11) is 0. The predicted octanol–water partition coefficient (Wildman–Crippen LogP) is 12.2. The molecule has 2 radical (unpaired) electrons. The molecule has 0 aromatic rings. The fourth-order valence-corrected chi connectivity index (χ4v) is 17.1. The van der Waals surface area contributed by atoms with Crippen molar-refractivity contribution in [3.05, 3.63) is 0 Å². The number of hydrogen-bond donors (Lipinski definition) is 0. The van der Waals surface area contributed by atoms with E-state index in [-0.39, 0.29) is 9.90 Å². The Morgan fingerprint density at radius 2 is 0.424 bits per heavy atom. The predicted molar refractivity (Wildman–Crippen MR) is 169 cm³/mol. The van der Waals surface area contributed by atoms with Crippen molar-refractivity contribution in [2.24, 2.45) is 0 Å². The molecule has 0 spiro atoms. The Labute approximate surface area is 226 Å². The van der Waals surface area contributed by atoms with Gasteiger partial charge in [-0.3, -0.25) is 0 Å². The van der Waals surface area contributed by atoms with Gasteiger partial charge in [0.1, 0.15) is 0 Å². The van der Waals surface area contributed by atoms with Gasteiger partial charge in [0.2, 0.25) is 0 Å². The molecule has 0 saturated carbocycles. The van der Waals surface area contributed by atoms with Gasteiger partial charge in [0.15, 0.2) is 0 Å². The Kier molecular flexibility index (Phi) is 42.2. The summed E-state index contributed by atoms with van der Waals surface area (Å²) < 4.78 is 0. The van der Waals surface area contributed by atoms with Crippen molar-refractivity contribution in [3.8, 4) is 0 Å². The maximum Gasteiger partial charge on any atom is -0.153 e. The van der Waals surface area contributed by atoms with Crippen LogP contribution in [0.4, 0.5) is 0 Å². The van der Waals surface area contributed by atoms with Crippen molar-refractivity contribution >= 4 is 38.6 Å². The molecule has 0 nitrogen and oxygen atoms in total. The summed E-state index contributed by atoms with van der Waals surface area (Å²) in [6.07, 6.45) is 26.6. The van der Waals surface area contributed by atoms with E-state index in [0.29, 0.717) is 0 Å². The molecule has 0 aromatic carbocycles. The van der Waals surface area contributed by atoms with Gasteiger partial charge in [-0.1, -0.05) is 0 Å². The second-order valence-corrected chi connectivity index (χ2v) is 22.8. The zero-order chi connectivity index (χ0) is 24.1. The van der Waals surface area contributed by atoms with Gasteiger partial charge in [0.05, 0.1) is 0 Å². The van der Waals surface area contributed by atoms with Crippen LogP contribution in [0, 0.1) is 0 Å². The average Bonchev–Trinajstić information content (AvgIpc) is 2.80. The third-order valence-corrected chi connectivity index (χ3v) is 20.2. The first-order valence-electron chi connectivity index (χ1n) is 15.4. The van der Waals surface area contributed by atoms with Gasteiger partial charge < -0.3 is 0 Å². The van der Waals surface area contributed by atoms with E-state index >= 15 is 0 Å². The topological polar surface area (TPSA) is 0 Å². The Morgan fingerprint density at radius 3 is 0.545 bits per heavy atom. The third-order valence-electron chi connectivity index (χ3n) is 6.80. The molecule has 0 rings (SSSR count). The SMILES string of the molecule is CCCC[CH2][Ge]([CH2]CCCC)[CH2]CCCC.CCCC[CH2][Ge]([CH2]CCCC)[CH2]CCCC.P. The first-order chi connectivity index (χ1) is 15.7. The van der Waals surface area contributed by atoms with E-state index in [1.165, 1.54) is 77.0 Å². The second kappa shape index (κ2) is 35.7.